The van der Waals surface area contributed by atoms with E-state index in [2.05, 4.69) is 78.0 Å². The third kappa shape index (κ3) is 3.60. The van der Waals surface area contributed by atoms with Crippen LogP contribution in [0.4, 0.5) is 0 Å². The Morgan fingerprint density at radius 2 is 1.71 bits per heavy atom. The van der Waals surface area contributed by atoms with Crippen LogP contribution in [0.1, 0.15) is 11.1 Å². The van der Waals surface area contributed by atoms with Crippen LogP contribution in [0.3, 0.4) is 0 Å². The lowest BCUT2D eigenvalue weighted by atomic mass is 10.0. The van der Waals surface area contributed by atoms with E-state index in [1.807, 2.05) is 12.1 Å². The Balaban J connectivity index is 1.57. The summed E-state index contributed by atoms with van der Waals surface area (Å²) < 4.78 is 2.84. The molecule has 0 spiro atoms. The molecule has 152 valence electrons. The zero-order valence-electron chi connectivity index (χ0n) is 16.8. The number of para-hydroxylation sites is 1. The van der Waals surface area contributed by atoms with Gasteiger partial charge in [0.15, 0.2) is 0 Å². The van der Waals surface area contributed by atoms with Crippen molar-refractivity contribution in [2.45, 2.75) is 6.54 Å². The van der Waals surface area contributed by atoms with E-state index in [0.29, 0.717) is 15.8 Å². The molecular weight excluding hydrogens is 420 g/mol. The van der Waals surface area contributed by atoms with Crippen LogP contribution in [-0.4, -0.2) is 26.2 Å². The Morgan fingerprint density at radius 3 is 2.55 bits per heavy atom. The van der Waals surface area contributed by atoms with Crippen LogP contribution < -0.4 is 0 Å². The largest absolute Gasteiger partial charge is 0.342 e. The first kappa shape index (κ1) is 19.8. The number of fused-ring (bicyclic) bond motifs is 2. The highest BCUT2D eigenvalue weighted by atomic mass is 32.2. The van der Waals surface area contributed by atoms with Crippen LogP contribution in [0.2, 0.25) is 0 Å². The minimum Gasteiger partial charge on any atom is -0.342 e. The zero-order valence-corrected chi connectivity index (χ0v) is 18.5. The first-order valence-corrected chi connectivity index (χ1v) is 11.3. The fourth-order valence-corrected chi connectivity index (χ4v) is 5.33. The van der Waals surface area contributed by atoms with Crippen molar-refractivity contribution in [3.8, 4) is 0 Å². The highest BCUT2D eigenvalue weighted by Gasteiger charge is 2.31. The topological polar surface area (TPSA) is 25.2 Å². The number of rotatable bonds is 5. The number of hydrogen-bond acceptors (Lipinski definition) is 3. The average Bonchev–Trinajstić information content (AvgIpc) is 3.26. The van der Waals surface area contributed by atoms with Crippen LogP contribution in [0.5, 0.6) is 0 Å². The highest BCUT2D eigenvalue weighted by Crippen LogP contribution is 2.34. The molecule has 0 unspecified atom stereocenters. The Hall–Kier alpha value is -3.15. The normalized spacial score (nSPS) is 15.5. The van der Waals surface area contributed by atoms with Crippen molar-refractivity contribution in [1.29, 1.82) is 0 Å². The van der Waals surface area contributed by atoms with Crippen molar-refractivity contribution in [2.75, 3.05) is 6.54 Å². The molecule has 5 rings (SSSR count). The van der Waals surface area contributed by atoms with Crippen LogP contribution in [0, 0.1) is 0 Å². The summed E-state index contributed by atoms with van der Waals surface area (Å²) in [7, 11) is 0. The molecule has 0 radical (unpaired) electrons. The molecule has 3 nitrogen and oxygen atoms in total. The van der Waals surface area contributed by atoms with E-state index < -0.39 is 0 Å². The van der Waals surface area contributed by atoms with Crippen molar-refractivity contribution in [1.82, 2.24) is 9.47 Å². The zero-order chi connectivity index (χ0) is 21.4. The third-order valence-electron chi connectivity index (χ3n) is 5.51. The number of thioether (sulfide) groups is 1. The summed E-state index contributed by atoms with van der Waals surface area (Å²) in [6.45, 7) is 4.91. The Kier molecular flexibility index (Phi) is 5.22. The molecule has 2 heterocycles. The Labute approximate surface area is 190 Å². The standard InChI is InChI=1S/C26H20N2OS2/c1-2-14-28-25(29)24(31-26(28)30)15-20-17-27(23-13-6-5-12-22(20)23)16-19-10-7-9-18-8-3-4-11-21(18)19/h2-13,15,17H,1,14,16H2/b24-15+. The van der Waals surface area contributed by atoms with Gasteiger partial charge < -0.3 is 4.57 Å². The van der Waals surface area contributed by atoms with Crippen LogP contribution in [0.25, 0.3) is 27.8 Å². The summed E-state index contributed by atoms with van der Waals surface area (Å²) in [5, 5.41) is 3.62. The number of hydrogen-bond donors (Lipinski definition) is 0. The fraction of sp³-hybridized carbons (Fsp3) is 0.0769. The monoisotopic (exact) mass is 440 g/mol. The lowest BCUT2D eigenvalue weighted by Crippen LogP contribution is -2.27. The minimum absolute atomic E-state index is 0.0548. The lowest BCUT2D eigenvalue weighted by Gasteiger charge is -2.10. The van der Waals surface area contributed by atoms with E-state index in [9.17, 15) is 4.79 Å². The molecule has 31 heavy (non-hydrogen) atoms. The van der Waals surface area contributed by atoms with Gasteiger partial charge in [0.2, 0.25) is 0 Å². The van der Waals surface area contributed by atoms with Crippen molar-refractivity contribution in [3.63, 3.8) is 0 Å². The number of amides is 1. The van der Waals surface area contributed by atoms with Gasteiger partial charge in [-0.05, 0) is 28.5 Å². The number of aromatic nitrogens is 1. The van der Waals surface area contributed by atoms with Crippen LogP contribution >= 0.6 is 24.0 Å². The first-order chi connectivity index (χ1) is 15.2. The van der Waals surface area contributed by atoms with Crippen molar-refractivity contribution < 1.29 is 4.79 Å². The third-order valence-corrected chi connectivity index (χ3v) is 6.89. The van der Waals surface area contributed by atoms with Gasteiger partial charge in [0.25, 0.3) is 5.91 Å². The van der Waals surface area contributed by atoms with E-state index in [1.165, 1.54) is 28.1 Å². The van der Waals surface area contributed by atoms with Gasteiger partial charge in [-0.2, -0.15) is 0 Å². The fourth-order valence-electron chi connectivity index (χ4n) is 4.06. The molecule has 1 amide bonds. The van der Waals surface area contributed by atoms with Gasteiger partial charge in [-0.25, -0.2) is 0 Å². The molecule has 0 bridgehead atoms. The van der Waals surface area contributed by atoms with Gasteiger partial charge in [0.1, 0.15) is 4.32 Å². The molecule has 1 aliphatic heterocycles. The molecule has 0 atom stereocenters. The number of nitrogens with zero attached hydrogens (tertiary/aromatic N) is 2. The highest BCUT2D eigenvalue weighted by molar-refractivity contribution is 8.26. The Bertz CT molecular complexity index is 1380. The predicted octanol–water partition coefficient (Wildman–Crippen LogP) is 6.23. The summed E-state index contributed by atoms with van der Waals surface area (Å²) in [5.74, 6) is -0.0548. The maximum Gasteiger partial charge on any atom is 0.266 e. The van der Waals surface area contributed by atoms with Gasteiger partial charge in [0.05, 0.1) is 4.91 Å². The SMILES string of the molecule is C=CCN1C(=O)/C(=C\c2cn(Cc3cccc4ccccc34)c3ccccc23)SC1=S. The van der Waals surface area contributed by atoms with Gasteiger partial charge in [-0.15, -0.1) is 6.58 Å². The smallest absolute Gasteiger partial charge is 0.266 e. The minimum atomic E-state index is -0.0548. The lowest BCUT2D eigenvalue weighted by molar-refractivity contribution is -0.121. The van der Waals surface area contributed by atoms with Gasteiger partial charge in [0, 0.05) is 35.8 Å². The predicted molar refractivity (Wildman–Crippen MR) is 135 cm³/mol. The summed E-state index contributed by atoms with van der Waals surface area (Å²) in [5.41, 5.74) is 3.43. The van der Waals surface area contributed by atoms with Gasteiger partial charge in [-0.1, -0.05) is 90.7 Å². The quantitative estimate of drug-likeness (QED) is 0.209. The second-order valence-corrected chi connectivity index (χ2v) is 9.12. The van der Waals surface area contributed by atoms with E-state index in [4.69, 9.17) is 12.2 Å². The van der Waals surface area contributed by atoms with Crippen molar-refractivity contribution in [3.05, 3.63) is 102 Å². The molecule has 1 aliphatic rings. The second-order valence-electron chi connectivity index (χ2n) is 7.45. The molecule has 1 aromatic heterocycles. The van der Waals surface area contributed by atoms with E-state index in [0.717, 1.165) is 23.0 Å². The van der Waals surface area contributed by atoms with E-state index in [1.54, 1.807) is 11.0 Å². The summed E-state index contributed by atoms with van der Waals surface area (Å²) in [4.78, 5) is 15.0. The summed E-state index contributed by atoms with van der Waals surface area (Å²) >= 11 is 6.74. The first-order valence-electron chi connectivity index (χ1n) is 10.1. The molecule has 0 saturated carbocycles. The van der Waals surface area contributed by atoms with Crippen molar-refractivity contribution >= 4 is 62.0 Å². The van der Waals surface area contributed by atoms with Crippen LogP contribution in [-0.2, 0) is 11.3 Å². The van der Waals surface area contributed by atoms with Crippen LogP contribution in [0.15, 0.2) is 90.5 Å². The van der Waals surface area contributed by atoms with E-state index in [-0.39, 0.29) is 5.91 Å². The Morgan fingerprint density at radius 1 is 0.968 bits per heavy atom. The molecule has 3 aromatic carbocycles. The summed E-state index contributed by atoms with van der Waals surface area (Å²) in [6.07, 6.45) is 5.79. The maximum atomic E-state index is 12.8. The number of benzene rings is 3. The van der Waals surface area contributed by atoms with Gasteiger partial charge in [-0.3, -0.25) is 9.69 Å². The average molecular weight is 441 g/mol. The second kappa shape index (κ2) is 8.17. The summed E-state index contributed by atoms with van der Waals surface area (Å²) in [6, 6.07) is 23.2. The number of thiocarbonyl (C=S) groups is 1. The molecular formula is C26H20N2OS2. The molecule has 1 saturated heterocycles. The molecule has 0 aliphatic carbocycles. The number of carbonyl (C=O) groups excluding carboxylic acids is 1. The van der Waals surface area contributed by atoms with E-state index >= 15 is 0 Å². The maximum absolute atomic E-state index is 12.8. The molecule has 1 fully saturated rings. The van der Waals surface area contributed by atoms with Crippen molar-refractivity contribution in [2.24, 2.45) is 0 Å². The molecule has 5 heteroatoms. The molecule has 4 aromatic rings. The number of carbonyl (C=O) groups is 1. The van der Waals surface area contributed by atoms with Gasteiger partial charge >= 0.3 is 0 Å². The molecule has 0 N–H and O–H groups in total.